The first-order chi connectivity index (χ1) is 9.13. The number of aliphatic hydroxyl groups is 1. The van der Waals surface area contributed by atoms with Crippen molar-refractivity contribution in [3.8, 4) is 0 Å². The average molecular weight is 262 g/mol. The highest BCUT2D eigenvalue weighted by molar-refractivity contribution is 5.86. The molecule has 0 spiro atoms. The van der Waals surface area contributed by atoms with Crippen molar-refractivity contribution in [3.05, 3.63) is 29.5 Å². The molecule has 5 nitrogen and oxygen atoms in total. The highest BCUT2D eigenvalue weighted by Crippen LogP contribution is 2.20. The fourth-order valence-electron chi connectivity index (χ4n) is 1.94. The topological polar surface area (TPSA) is 75.4 Å². The number of carbonyl (C=O) groups is 1. The van der Waals surface area contributed by atoms with Gasteiger partial charge in [-0.3, -0.25) is 4.79 Å². The van der Waals surface area contributed by atoms with E-state index in [-0.39, 0.29) is 25.0 Å². The molecule has 0 saturated heterocycles. The number of hydrogen-bond donors (Lipinski definition) is 2. The van der Waals surface area contributed by atoms with Crippen molar-refractivity contribution in [1.82, 2.24) is 10.5 Å². The number of aliphatic hydroxyl groups excluding tert-OH is 1. The second kappa shape index (κ2) is 5.84. The fourth-order valence-corrected chi connectivity index (χ4v) is 1.94. The standard InChI is InChI=1S/C14H18N2O3/c1-3-10(8-17)15-14(18)7-12-11-6-9(2)4-5-13(11)19-16-12/h4-6,10,17H,3,7-8H2,1-2H3,(H,15,18). The quantitative estimate of drug-likeness (QED) is 0.857. The number of amides is 1. The summed E-state index contributed by atoms with van der Waals surface area (Å²) in [7, 11) is 0. The van der Waals surface area contributed by atoms with E-state index in [2.05, 4.69) is 10.5 Å². The second-order valence-electron chi connectivity index (χ2n) is 4.66. The molecule has 1 aromatic carbocycles. The number of carbonyl (C=O) groups excluding carboxylic acids is 1. The van der Waals surface area contributed by atoms with Gasteiger partial charge in [-0.05, 0) is 25.5 Å². The van der Waals surface area contributed by atoms with Gasteiger partial charge in [-0.2, -0.15) is 0 Å². The lowest BCUT2D eigenvalue weighted by Crippen LogP contribution is -2.37. The molecule has 0 fully saturated rings. The van der Waals surface area contributed by atoms with E-state index in [0.717, 1.165) is 10.9 Å². The van der Waals surface area contributed by atoms with Crippen LogP contribution in [0.2, 0.25) is 0 Å². The average Bonchev–Trinajstić information content (AvgIpc) is 2.78. The van der Waals surface area contributed by atoms with Crippen molar-refractivity contribution in [2.24, 2.45) is 0 Å². The van der Waals surface area contributed by atoms with E-state index in [1.54, 1.807) is 0 Å². The largest absolute Gasteiger partial charge is 0.394 e. The van der Waals surface area contributed by atoms with Crippen LogP contribution in [0.25, 0.3) is 11.0 Å². The zero-order chi connectivity index (χ0) is 13.8. The van der Waals surface area contributed by atoms with E-state index in [4.69, 9.17) is 9.63 Å². The van der Waals surface area contributed by atoms with Gasteiger partial charge in [0, 0.05) is 5.39 Å². The molecule has 0 bridgehead atoms. The lowest BCUT2D eigenvalue weighted by molar-refractivity contribution is -0.121. The summed E-state index contributed by atoms with van der Waals surface area (Å²) >= 11 is 0. The minimum absolute atomic E-state index is 0.0547. The summed E-state index contributed by atoms with van der Waals surface area (Å²) in [5.74, 6) is -0.155. The van der Waals surface area contributed by atoms with Crippen LogP contribution in [0.3, 0.4) is 0 Å². The maximum Gasteiger partial charge on any atom is 0.226 e. The lowest BCUT2D eigenvalue weighted by atomic mass is 10.1. The maximum atomic E-state index is 11.9. The van der Waals surface area contributed by atoms with Crippen molar-refractivity contribution in [2.75, 3.05) is 6.61 Å². The number of benzene rings is 1. The highest BCUT2D eigenvalue weighted by Gasteiger charge is 2.14. The predicted octanol–water partition coefficient (Wildman–Crippen LogP) is 1.57. The van der Waals surface area contributed by atoms with Crippen LogP contribution in [0.1, 0.15) is 24.6 Å². The number of hydrogen-bond acceptors (Lipinski definition) is 4. The Bertz CT molecular complexity index is 573. The molecular weight excluding hydrogens is 244 g/mol. The summed E-state index contributed by atoms with van der Waals surface area (Å²) in [5.41, 5.74) is 2.41. The van der Waals surface area contributed by atoms with E-state index in [9.17, 15) is 4.79 Å². The predicted molar refractivity (Wildman–Crippen MR) is 71.8 cm³/mol. The number of rotatable bonds is 5. The number of nitrogens with one attached hydrogen (secondary N) is 1. The Morgan fingerprint density at radius 1 is 1.53 bits per heavy atom. The van der Waals surface area contributed by atoms with Crippen LogP contribution in [-0.2, 0) is 11.2 Å². The summed E-state index contributed by atoms with van der Waals surface area (Å²) in [6, 6.07) is 5.54. The Kier molecular flexibility index (Phi) is 4.16. The molecule has 1 unspecified atom stereocenters. The minimum atomic E-state index is -0.201. The number of fused-ring (bicyclic) bond motifs is 1. The first-order valence-electron chi connectivity index (χ1n) is 6.39. The molecule has 102 valence electrons. The van der Waals surface area contributed by atoms with Crippen LogP contribution >= 0.6 is 0 Å². The molecule has 2 rings (SSSR count). The first-order valence-corrected chi connectivity index (χ1v) is 6.39. The van der Waals surface area contributed by atoms with E-state index < -0.39 is 0 Å². The summed E-state index contributed by atoms with van der Waals surface area (Å²) in [6.07, 6.45) is 0.855. The van der Waals surface area contributed by atoms with Crippen LogP contribution in [-0.4, -0.2) is 28.8 Å². The van der Waals surface area contributed by atoms with Crippen molar-refractivity contribution in [2.45, 2.75) is 32.7 Å². The molecule has 5 heteroatoms. The van der Waals surface area contributed by atoms with Gasteiger partial charge < -0.3 is 14.9 Å². The molecule has 0 saturated carbocycles. The van der Waals surface area contributed by atoms with Crippen LogP contribution < -0.4 is 5.32 Å². The van der Waals surface area contributed by atoms with Gasteiger partial charge in [-0.15, -0.1) is 0 Å². The lowest BCUT2D eigenvalue weighted by Gasteiger charge is -2.13. The highest BCUT2D eigenvalue weighted by atomic mass is 16.5. The van der Waals surface area contributed by atoms with Crippen molar-refractivity contribution in [1.29, 1.82) is 0 Å². The summed E-state index contributed by atoms with van der Waals surface area (Å²) in [6.45, 7) is 3.84. The number of nitrogens with zero attached hydrogens (tertiary/aromatic N) is 1. The van der Waals surface area contributed by atoms with Crippen LogP contribution in [0.15, 0.2) is 22.7 Å². The van der Waals surface area contributed by atoms with E-state index in [1.807, 2.05) is 32.0 Å². The zero-order valence-corrected chi connectivity index (χ0v) is 11.1. The van der Waals surface area contributed by atoms with Crippen molar-refractivity contribution in [3.63, 3.8) is 0 Å². The van der Waals surface area contributed by atoms with Gasteiger partial charge in [-0.1, -0.05) is 23.7 Å². The Morgan fingerprint density at radius 2 is 2.32 bits per heavy atom. The van der Waals surface area contributed by atoms with E-state index in [0.29, 0.717) is 17.7 Å². The Hall–Kier alpha value is -1.88. The molecule has 0 aliphatic rings. The molecule has 0 aliphatic carbocycles. The molecular formula is C14H18N2O3. The third kappa shape index (κ3) is 3.12. The van der Waals surface area contributed by atoms with Gasteiger partial charge in [0.05, 0.1) is 19.1 Å². The Morgan fingerprint density at radius 3 is 3.00 bits per heavy atom. The molecule has 2 aromatic rings. The molecule has 0 radical (unpaired) electrons. The monoisotopic (exact) mass is 262 g/mol. The van der Waals surface area contributed by atoms with Gasteiger partial charge >= 0.3 is 0 Å². The third-order valence-electron chi connectivity index (χ3n) is 3.11. The second-order valence-corrected chi connectivity index (χ2v) is 4.66. The number of aryl methyl sites for hydroxylation is 1. The molecule has 1 amide bonds. The number of aromatic nitrogens is 1. The van der Waals surface area contributed by atoms with Gasteiger partial charge in [0.2, 0.25) is 5.91 Å². The van der Waals surface area contributed by atoms with Gasteiger partial charge in [0.1, 0.15) is 5.69 Å². The van der Waals surface area contributed by atoms with Crippen molar-refractivity contribution >= 4 is 16.9 Å². The van der Waals surface area contributed by atoms with E-state index >= 15 is 0 Å². The molecule has 1 aromatic heterocycles. The Balaban J connectivity index is 2.13. The van der Waals surface area contributed by atoms with Crippen LogP contribution in [0.5, 0.6) is 0 Å². The SMILES string of the molecule is CCC(CO)NC(=O)Cc1noc2ccc(C)cc12. The first kappa shape index (κ1) is 13.5. The molecule has 0 aliphatic heterocycles. The van der Waals surface area contributed by atoms with Crippen LogP contribution in [0.4, 0.5) is 0 Å². The molecule has 19 heavy (non-hydrogen) atoms. The van der Waals surface area contributed by atoms with Gasteiger partial charge in [-0.25, -0.2) is 0 Å². The zero-order valence-electron chi connectivity index (χ0n) is 11.1. The van der Waals surface area contributed by atoms with Crippen molar-refractivity contribution < 1.29 is 14.4 Å². The van der Waals surface area contributed by atoms with Gasteiger partial charge in [0.25, 0.3) is 0 Å². The molecule has 1 heterocycles. The summed E-state index contributed by atoms with van der Waals surface area (Å²) < 4.78 is 5.18. The minimum Gasteiger partial charge on any atom is -0.394 e. The molecule has 2 N–H and O–H groups in total. The van der Waals surface area contributed by atoms with Crippen LogP contribution in [0, 0.1) is 6.92 Å². The third-order valence-corrected chi connectivity index (χ3v) is 3.11. The van der Waals surface area contributed by atoms with Gasteiger partial charge in [0.15, 0.2) is 5.58 Å². The fraction of sp³-hybridized carbons (Fsp3) is 0.429. The normalized spacial score (nSPS) is 12.6. The Labute approximate surface area is 111 Å². The summed E-state index contributed by atoms with van der Waals surface area (Å²) in [5, 5.41) is 16.6. The maximum absolute atomic E-state index is 11.9. The molecule has 1 atom stereocenters. The summed E-state index contributed by atoms with van der Waals surface area (Å²) in [4.78, 5) is 11.9. The smallest absolute Gasteiger partial charge is 0.226 e. The van der Waals surface area contributed by atoms with E-state index in [1.165, 1.54) is 0 Å².